The van der Waals surface area contributed by atoms with Crippen molar-refractivity contribution in [3.8, 4) is 5.69 Å². The number of alkyl halides is 3. The van der Waals surface area contributed by atoms with Gasteiger partial charge < -0.3 is 0 Å². The molecule has 100 valence electrons. The maximum Gasteiger partial charge on any atom is 0.416 e. The molecule has 0 spiro atoms. The number of aryl methyl sites for hydroxylation is 1. The van der Waals surface area contributed by atoms with Crippen molar-refractivity contribution in [1.82, 2.24) is 9.55 Å². The fourth-order valence-electron chi connectivity index (χ4n) is 1.65. The van der Waals surface area contributed by atoms with Crippen LogP contribution in [-0.4, -0.2) is 9.55 Å². The smallest absolute Gasteiger partial charge is 0.299 e. The third kappa shape index (κ3) is 2.76. The van der Waals surface area contributed by atoms with Crippen LogP contribution in [0.5, 0.6) is 0 Å². The van der Waals surface area contributed by atoms with Crippen LogP contribution in [0.3, 0.4) is 0 Å². The molecule has 19 heavy (non-hydrogen) atoms. The van der Waals surface area contributed by atoms with Gasteiger partial charge in [0.05, 0.1) is 11.3 Å². The van der Waals surface area contributed by atoms with Crippen molar-refractivity contribution in [2.75, 3.05) is 0 Å². The molecule has 1 heterocycles. The van der Waals surface area contributed by atoms with E-state index in [-0.39, 0.29) is 10.5 Å². The van der Waals surface area contributed by atoms with Crippen molar-refractivity contribution in [2.24, 2.45) is 0 Å². The van der Waals surface area contributed by atoms with E-state index in [9.17, 15) is 18.0 Å². The van der Waals surface area contributed by atoms with Crippen LogP contribution in [0.15, 0.2) is 35.3 Å². The van der Waals surface area contributed by atoms with Gasteiger partial charge in [0, 0.05) is 12.3 Å². The first-order valence-corrected chi connectivity index (χ1v) is 5.70. The molecule has 0 amide bonds. The summed E-state index contributed by atoms with van der Waals surface area (Å²) < 4.78 is 39.4. The molecule has 0 aliphatic rings. The summed E-state index contributed by atoms with van der Waals surface area (Å²) in [5, 5.41) is 0. The summed E-state index contributed by atoms with van der Waals surface area (Å²) in [5.74, 6) is 0. The van der Waals surface area contributed by atoms with Crippen LogP contribution in [0.1, 0.15) is 11.1 Å². The first kappa shape index (κ1) is 13.5. The maximum atomic E-state index is 12.7. The van der Waals surface area contributed by atoms with E-state index in [2.05, 4.69) is 4.98 Å². The zero-order chi connectivity index (χ0) is 14.2. The zero-order valence-corrected chi connectivity index (χ0v) is 10.6. The number of aromatic nitrogens is 2. The number of hydrogen-bond acceptors (Lipinski definition) is 2. The van der Waals surface area contributed by atoms with Crippen molar-refractivity contribution in [1.29, 1.82) is 0 Å². The Morgan fingerprint density at radius 1 is 1.26 bits per heavy atom. The highest BCUT2D eigenvalue weighted by atomic mass is 32.1. The van der Waals surface area contributed by atoms with Crippen LogP contribution >= 0.6 is 12.2 Å². The molecule has 1 aromatic carbocycles. The minimum Gasteiger partial charge on any atom is -0.299 e. The largest absolute Gasteiger partial charge is 0.416 e. The lowest BCUT2D eigenvalue weighted by Gasteiger charge is -2.13. The number of nitrogens with zero attached hydrogens (tertiary/aromatic N) is 1. The van der Waals surface area contributed by atoms with Gasteiger partial charge in [-0.05, 0) is 36.8 Å². The Morgan fingerprint density at radius 3 is 2.53 bits per heavy atom. The van der Waals surface area contributed by atoms with Crippen molar-refractivity contribution in [3.05, 3.63) is 56.7 Å². The van der Waals surface area contributed by atoms with E-state index in [1.165, 1.54) is 22.9 Å². The molecule has 0 bridgehead atoms. The normalized spacial score (nSPS) is 11.6. The minimum absolute atomic E-state index is 0.0509. The van der Waals surface area contributed by atoms with Gasteiger partial charge in [0.2, 0.25) is 0 Å². The topological polar surface area (TPSA) is 37.8 Å². The molecule has 0 fully saturated rings. The van der Waals surface area contributed by atoms with Gasteiger partial charge in [0.1, 0.15) is 0 Å². The van der Waals surface area contributed by atoms with Crippen LogP contribution < -0.4 is 5.56 Å². The van der Waals surface area contributed by atoms with Gasteiger partial charge in [-0.2, -0.15) is 13.2 Å². The first-order chi connectivity index (χ1) is 8.79. The molecule has 2 rings (SSSR count). The van der Waals surface area contributed by atoms with E-state index in [0.29, 0.717) is 5.56 Å². The lowest BCUT2D eigenvalue weighted by molar-refractivity contribution is -0.137. The molecule has 0 atom stereocenters. The summed E-state index contributed by atoms with van der Waals surface area (Å²) in [6.45, 7) is 1.67. The molecule has 0 aliphatic carbocycles. The highest BCUT2D eigenvalue weighted by Gasteiger charge is 2.30. The molecule has 2 aromatic rings. The standard InChI is InChI=1S/C12H9F3N2OS/c1-7-2-3-8(12(13,14)15)6-9(7)17-5-4-10(18)16-11(17)19/h2-6H,1H3,(H,16,18,19). The lowest BCUT2D eigenvalue weighted by atomic mass is 10.1. The van der Waals surface area contributed by atoms with Crippen molar-refractivity contribution < 1.29 is 13.2 Å². The molecule has 0 saturated carbocycles. The average Bonchev–Trinajstić information content (AvgIpc) is 2.29. The Labute approximate surface area is 111 Å². The van der Waals surface area contributed by atoms with Gasteiger partial charge in [-0.25, -0.2) is 0 Å². The number of hydrogen-bond donors (Lipinski definition) is 1. The van der Waals surface area contributed by atoms with Gasteiger partial charge in [-0.15, -0.1) is 0 Å². The van der Waals surface area contributed by atoms with Gasteiger partial charge >= 0.3 is 6.18 Å². The summed E-state index contributed by atoms with van der Waals surface area (Å²) in [5.41, 5.74) is -0.251. The molecule has 0 unspecified atom stereocenters. The summed E-state index contributed by atoms with van der Waals surface area (Å²) in [4.78, 5) is 13.4. The summed E-state index contributed by atoms with van der Waals surface area (Å²) in [6, 6.07) is 4.58. The second kappa shape index (κ2) is 4.65. The second-order valence-electron chi connectivity index (χ2n) is 3.98. The highest BCUT2D eigenvalue weighted by Crippen LogP contribution is 2.31. The number of halogens is 3. The Hall–Kier alpha value is -1.89. The monoisotopic (exact) mass is 286 g/mol. The predicted molar refractivity (Wildman–Crippen MR) is 67.0 cm³/mol. The number of H-pyrrole nitrogens is 1. The van der Waals surface area contributed by atoms with Crippen LogP contribution in [0.4, 0.5) is 13.2 Å². The van der Waals surface area contributed by atoms with E-state index >= 15 is 0 Å². The fourth-order valence-corrected chi connectivity index (χ4v) is 1.91. The lowest BCUT2D eigenvalue weighted by Crippen LogP contribution is -2.12. The second-order valence-corrected chi connectivity index (χ2v) is 4.37. The van der Waals surface area contributed by atoms with E-state index in [4.69, 9.17) is 12.2 Å². The Kier molecular flexibility index (Phi) is 3.32. The fraction of sp³-hybridized carbons (Fsp3) is 0.167. The number of nitrogens with one attached hydrogen (secondary N) is 1. The molecular formula is C12H9F3N2OS. The van der Waals surface area contributed by atoms with Crippen LogP contribution in [0.25, 0.3) is 5.69 Å². The van der Waals surface area contributed by atoms with Crippen LogP contribution in [0, 0.1) is 11.7 Å². The SMILES string of the molecule is Cc1ccc(C(F)(F)F)cc1-n1ccc(=O)[nH]c1=S. The molecular weight excluding hydrogens is 277 g/mol. The third-order valence-electron chi connectivity index (χ3n) is 2.62. The molecule has 0 aliphatic heterocycles. The molecule has 1 N–H and O–H groups in total. The highest BCUT2D eigenvalue weighted by molar-refractivity contribution is 7.71. The van der Waals surface area contributed by atoms with E-state index in [1.807, 2.05) is 0 Å². The molecule has 7 heteroatoms. The number of benzene rings is 1. The van der Waals surface area contributed by atoms with Crippen molar-refractivity contribution in [2.45, 2.75) is 13.1 Å². The van der Waals surface area contributed by atoms with Crippen LogP contribution in [0.2, 0.25) is 0 Å². The van der Waals surface area contributed by atoms with E-state index in [1.54, 1.807) is 6.92 Å². The van der Waals surface area contributed by atoms with E-state index < -0.39 is 17.3 Å². The van der Waals surface area contributed by atoms with Crippen LogP contribution in [-0.2, 0) is 6.18 Å². The number of aromatic amines is 1. The average molecular weight is 286 g/mol. The quantitative estimate of drug-likeness (QED) is 0.817. The van der Waals surface area contributed by atoms with Gasteiger partial charge in [-0.1, -0.05) is 6.07 Å². The molecule has 3 nitrogen and oxygen atoms in total. The Morgan fingerprint density at radius 2 is 1.95 bits per heavy atom. The summed E-state index contributed by atoms with van der Waals surface area (Å²) >= 11 is 4.94. The van der Waals surface area contributed by atoms with E-state index in [0.717, 1.165) is 12.1 Å². The number of rotatable bonds is 1. The molecule has 0 saturated heterocycles. The van der Waals surface area contributed by atoms with Crippen molar-refractivity contribution >= 4 is 12.2 Å². The van der Waals surface area contributed by atoms with Gasteiger partial charge in [0.15, 0.2) is 4.77 Å². The Balaban J connectivity index is 2.68. The van der Waals surface area contributed by atoms with Gasteiger partial charge in [0.25, 0.3) is 5.56 Å². The van der Waals surface area contributed by atoms with Gasteiger partial charge in [-0.3, -0.25) is 14.3 Å². The summed E-state index contributed by atoms with van der Waals surface area (Å²) in [7, 11) is 0. The minimum atomic E-state index is -4.42. The molecule has 1 aromatic heterocycles. The zero-order valence-electron chi connectivity index (χ0n) is 9.78. The molecule has 0 radical (unpaired) electrons. The van der Waals surface area contributed by atoms with Crippen molar-refractivity contribution in [3.63, 3.8) is 0 Å². The maximum absolute atomic E-state index is 12.7. The third-order valence-corrected chi connectivity index (χ3v) is 2.92. The first-order valence-electron chi connectivity index (χ1n) is 5.29. The predicted octanol–water partition coefficient (Wildman–Crippen LogP) is 3.22. The Bertz CT molecular complexity index is 731. The summed E-state index contributed by atoms with van der Waals surface area (Å²) in [6.07, 6.45) is -3.07.